The number of hydrogen-bond acceptors (Lipinski definition) is 3. The molecule has 16 heavy (non-hydrogen) atoms. The van der Waals surface area contributed by atoms with Gasteiger partial charge in [-0.3, -0.25) is 9.88 Å². The summed E-state index contributed by atoms with van der Waals surface area (Å²) in [4.78, 5) is 6.52. The van der Waals surface area contributed by atoms with Gasteiger partial charge in [-0.1, -0.05) is 6.92 Å². The predicted molar refractivity (Wildman–Crippen MR) is 65.9 cm³/mol. The molecule has 0 saturated heterocycles. The Labute approximate surface area is 97.7 Å². The standard InChI is InChI=1S/C13H21N3/c1-2-16(11-13(10-14)5-6-13)9-12-3-7-15-8-4-12/h3-4,7-8H,2,5-6,9-11,14H2,1H3. The Kier molecular flexibility index (Phi) is 3.56. The number of rotatable bonds is 6. The van der Waals surface area contributed by atoms with Crippen molar-refractivity contribution in [1.82, 2.24) is 9.88 Å². The van der Waals surface area contributed by atoms with Crippen molar-refractivity contribution < 1.29 is 0 Å². The molecule has 0 unspecified atom stereocenters. The van der Waals surface area contributed by atoms with Gasteiger partial charge in [-0.05, 0) is 49.0 Å². The highest BCUT2D eigenvalue weighted by molar-refractivity contribution is 5.09. The van der Waals surface area contributed by atoms with Crippen molar-refractivity contribution in [3.8, 4) is 0 Å². The van der Waals surface area contributed by atoms with Crippen LogP contribution >= 0.6 is 0 Å². The maximum absolute atomic E-state index is 5.83. The highest BCUT2D eigenvalue weighted by atomic mass is 15.1. The van der Waals surface area contributed by atoms with Gasteiger partial charge in [0.2, 0.25) is 0 Å². The lowest BCUT2D eigenvalue weighted by molar-refractivity contribution is 0.224. The van der Waals surface area contributed by atoms with Crippen LogP contribution in [-0.4, -0.2) is 29.5 Å². The molecule has 0 amide bonds. The molecule has 1 aliphatic rings. The molecule has 1 aromatic heterocycles. The second kappa shape index (κ2) is 4.93. The fourth-order valence-electron chi connectivity index (χ4n) is 2.10. The number of aromatic nitrogens is 1. The Hall–Kier alpha value is -0.930. The summed E-state index contributed by atoms with van der Waals surface area (Å²) in [6, 6.07) is 4.18. The third-order valence-corrected chi connectivity index (χ3v) is 3.55. The van der Waals surface area contributed by atoms with Gasteiger partial charge in [0, 0.05) is 25.5 Å². The smallest absolute Gasteiger partial charge is 0.0271 e. The zero-order valence-electron chi connectivity index (χ0n) is 10.0. The van der Waals surface area contributed by atoms with Gasteiger partial charge in [0.15, 0.2) is 0 Å². The zero-order chi connectivity index (χ0) is 11.4. The monoisotopic (exact) mass is 219 g/mol. The molecular weight excluding hydrogens is 198 g/mol. The van der Waals surface area contributed by atoms with Crippen molar-refractivity contribution >= 4 is 0 Å². The number of nitrogens with zero attached hydrogens (tertiary/aromatic N) is 2. The van der Waals surface area contributed by atoms with E-state index >= 15 is 0 Å². The summed E-state index contributed by atoms with van der Waals surface area (Å²) in [5, 5.41) is 0. The van der Waals surface area contributed by atoms with Gasteiger partial charge in [-0.25, -0.2) is 0 Å². The van der Waals surface area contributed by atoms with Gasteiger partial charge in [-0.15, -0.1) is 0 Å². The molecule has 3 nitrogen and oxygen atoms in total. The Morgan fingerprint density at radius 1 is 1.38 bits per heavy atom. The van der Waals surface area contributed by atoms with Crippen LogP contribution < -0.4 is 5.73 Å². The lowest BCUT2D eigenvalue weighted by Crippen LogP contribution is -2.33. The van der Waals surface area contributed by atoms with E-state index in [9.17, 15) is 0 Å². The summed E-state index contributed by atoms with van der Waals surface area (Å²) in [5.41, 5.74) is 7.60. The normalized spacial score (nSPS) is 17.7. The molecule has 0 aromatic carbocycles. The SMILES string of the molecule is CCN(Cc1ccncc1)CC1(CN)CC1. The summed E-state index contributed by atoms with van der Waals surface area (Å²) < 4.78 is 0. The first kappa shape index (κ1) is 11.6. The van der Waals surface area contributed by atoms with Crippen molar-refractivity contribution in [2.75, 3.05) is 19.6 Å². The quantitative estimate of drug-likeness (QED) is 0.791. The average Bonchev–Trinajstić information content (AvgIpc) is 3.10. The van der Waals surface area contributed by atoms with Gasteiger partial charge in [0.1, 0.15) is 0 Å². The van der Waals surface area contributed by atoms with Crippen LogP contribution in [0, 0.1) is 5.41 Å². The molecule has 0 atom stereocenters. The van der Waals surface area contributed by atoms with Gasteiger partial charge in [0.25, 0.3) is 0 Å². The zero-order valence-corrected chi connectivity index (χ0v) is 10.0. The molecule has 1 saturated carbocycles. The lowest BCUT2D eigenvalue weighted by Gasteiger charge is -2.25. The van der Waals surface area contributed by atoms with Crippen LogP contribution in [0.5, 0.6) is 0 Å². The Balaban J connectivity index is 1.91. The van der Waals surface area contributed by atoms with Crippen LogP contribution in [0.15, 0.2) is 24.5 Å². The first-order chi connectivity index (χ1) is 7.78. The van der Waals surface area contributed by atoms with Crippen molar-refractivity contribution in [2.45, 2.75) is 26.3 Å². The van der Waals surface area contributed by atoms with Crippen LogP contribution in [0.1, 0.15) is 25.3 Å². The molecule has 2 rings (SSSR count). The molecule has 2 N–H and O–H groups in total. The van der Waals surface area contributed by atoms with Crippen molar-refractivity contribution in [1.29, 1.82) is 0 Å². The van der Waals surface area contributed by atoms with E-state index in [2.05, 4.69) is 28.9 Å². The summed E-state index contributed by atoms with van der Waals surface area (Å²) >= 11 is 0. The van der Waals surface area contributed by atoms with E-state index < -0.39 is 0 Å². The largest absolute Gasteiger partial charge is 0.330 e. The molecule has 1 fully saturated rings. The van der Waals surface area contributed by atoms with Crippen LogP contribution in [0.2, 0.25) is 0 Å². The van der Waals surface area contributed by atoms with E-state index in [1.54, 1.807) is 0 Å². The van der Waals surface area contributed by atoms with E-state index in [0.717, 1.165) is 26.2 Å². The average molecular weight is 219 g/mol. The second-order valence-corrected chi connectivity index (χ2v) is 4.86. The molecule has 1 heterocycles. The molecular formula is C13H21N3. The summed E-state index contributed by atoms with van der Waals surface area (Å²) in [7, 11) is 0. The third-order valence-electron chi connectivity index (χ3n) is 3.55. The fourth-order valence-corrected chi connectivity index (χ4v) is 2.10. The van der Waals surface area contributed by atoms with Crippen molar-refractivity contribution in [3.63, 3.8) is 0 Å². The molecule has 88 valence electrons. The van der Waals surface area contributed by atoms with Gasteiger partial charge in [-0.2, -0.15) is 0 Å². The van der Waals surface area contributed by atoms with Crippen molar-refractivity contribution in [2.24, 2.45) is 11.1 Å². The van der Waals surface area contributed by atoms with Crippen LogP contribution in [0.4, 0.5) is 0 Å². The molecule has 0 aliphatic heterocycles. The maximum atomic E-state index is 5.83. The minimum Gasteiger partial charge on any atom is -0.330 e. The Morgan fingerprint density at radius 3 is 2.56 bits per heavy atom. The number of hydrogen-bond donors (Lipinski definition) is 1. The summed E-state index contributed by atoms with van der Waals surface area (Å²) in [6.07, 6.45) is 6.32. The Morgan fingerprint density at radius 2 is 2.06 bits per heavy atom. The van der Waals surface area contributed by atoms with E-state index in [1.165, 1.54) is 18.4 Å². The lowest BCUT2D eigenvalue weighted by atomic mass is 10.1. The minimum atomic E-state index is 0.434. The van der Waals surface area contributed by atoms with E-state index in [4.69, 9.17) is 5.73 Å². The van der Waals surface area contributed by atoms with Gasteiger partial charge in [0.05, 0.1) is 0 Å². The summed E-state index contributed by atoms with van der Waals surface area (Å²) in [6.45, 7) is 6.29. The molecule has 0 bridgehead atoms. The highest BCUT2D eigenvalue weighted by Crippen LogP contribution is 2.45. The summed E-state index contributed by atoms with van der Waals surface area (Å²) in [5.74, 6) is 0. The van der Waals surface area contributed by atoms with E-state index in [-0.39, 0.29) is 0 Å². The number of nitrogens with two attached hydrogens (primary N) is 1. The highest BCUT2D eigenvalue weighted by Gasteiger charge is 2.42. The van der Waals surface area contributed by atoms with Crippen LogP contribution in [-0.2, 0) is 6.54 Å². The first-order valence-corrected chi connectivity index (χ1v) is 6.09. The van der Waals surface area contributed by atoms with Crippen LogP contribution in [0.3, 0.4) is 0 Å². The minimum absolute atomic E-state index is 0.434. The Bertz CT molecular complexity index is 319. The molecule has 1 aromatic rings. The number of pyridine rings is 1. The van der Waals surface area contributed by atoms with Gasteiger partial charge >= 0.3 is 0 Å². The van der Waals surface area contributed by atoms with E-state index in [1.807, 2.05) is 12.4 Å². The topological polar surface area (TPSA) is 42.2 Å². The fraction of sp³-hybridized carbons (Fsp3) is 0.615. The third kappa shape index (κ3) is 2.80. The molecule has 3 heteroatoms. The second-order valence-electron chi connectivity index (χ2n) is 4.86. The molecule has 0 radical (unpaired) electrons. The predicted octanol–water partition coefficient (Wildman–Crippen LogP) is 1.64. The molecule has 1 aliphatic carbocycles. The van der Waals surface area contributed by atoms with Crippen LogP contribution in [0.25, 0.3) is 0 Å². The first-order valence-electron chi connectivity index (χ1n) is 6.09. The van der Waals surface area contributed by atoms with Gasteiger partial charge < -0.3 is 5.73 Å². The maximum Gasteiger partial charge on any atom is 0.0271 e. The van der Waals surface area contributed by atoms with Crippen molar-refractivity contribution in [3.05, 3.63) is 30.1 Å². The molecule has 0 spiro atoms. The van der Waals surface area contributed by atoms with E-state index in [0.29, 0.717) is 5.41 Å².